The molecule has 0 radical (unpaired) electrons. The van der Waals surface area contributed by atoms with Crippen LogP contribution in [0.1, 0.15) is 49.8 Å². The zero-order valence-electron chi connectivity index (χ0n) is 11.2. The second-order valence-corrected chi connectivity index (χ2v) is 5.49. The van der Waals surface area contributed by atoms with Gasteiger partial charge >= 0.3 is 0 Å². The van der Waals surface area contributed by atoms with E-state index in [4.69, 9.17) is 4.74 Å². The maximum absolute atomic E-state index is 9.20. The van der Waals surface area contributed by atoms with Crippen LogP contribution in [0.25, 0.3) is 0 Å². The van der Waals surface area contributed by atoms with Crippen molar-refractivity contribution in [2.75, 3.05) is 11.9 Å². The summed E-state index contributed by atoms with van der Waals surface area (Å²) >= 11 is 0. The van der Waals surface area contributed by atoms with Crippen LogP contribution in [0.15, 0.2) is 12.1 Å². The van der Waals surface area contributed by atoms with Crippen LogP contribution in [0.5, 0.6) is 0 Å². The molecule has 2 aliphatic rings. The van der Waals surface area contributed by atoms with Crippen LogP contribution in [0, 0.1) is 11.3 Å². The van der Waals surface area contributed by atoms with Crippen molar-refractivity contribution in [2.45, 2.75) is 50.7 Å². The number of ether oxygens (including phenoxy) is 1. The number of hydrogen-bond acceptors (Lipinski definition) is 4. The maximum atomic E-state index is 9.20. The Labute approximate surface area is 113 Å². The molecule has 1 aromatic rings. The lowest BCUT2D eigenvalue weighted by molar-refractivity contribution is 0.0191. The van der Waals surface area contributed by atoms with Gasteiger partial charge in [0.2, 0.25) is 0 Å². The molecular weight excluding hydrogens is 238 g/mol. The Kier molecular flexibility index (Phi) is 3.39. The van der Waals surface area contributed by atoms with Gasteiger partial charge in [-0.15, -0.1) is 0 Å². The molecule has 1 saturated heterocycles. The van der Waals surface area contributed by atoms with E-state index < -0.39 is 0 Å². The van der Waals surface area contributed by atoms with Gasteiger partial charge in [0.15, 0.2) is 0 Å². The highest BCUT2D eigenvalue weighted by molar-refractivity contribution is 5.53. The van der Waals surface area contributed by atoms with Gasteiger partial charge < -0.3 is 10.1 Å². The van der Waals surface area contributed by atoms with E-state index in [1.54, 1.807) is 0 Å². The van der Waals surface area contributed by atoms with Crippen molar-refractivity contribution in [1.82, 2.24) is 4.98 Å². The van der Waals surface area contributed by atoms with Crippen molar-refractivity contribution in [3.05, 3.63) is 23.4 Å². The van der Waals surface area contributed by atoms with Gasteiger partial charge in [-0.2, -0.15) is 5.26 Å². The van der Waals surface area contributed by atoms with Gasteiger partial charge in [0.05, 0.1) is 17.7 Å². The summed E-state index contributed by atoms with van der Waals surface area (Å²) in [7, 11) is 0. The lowest BCUT2D eigenvalue weighted by Gasteiger charge is -2.30. The number of hydrogen-bond donors (Lipinski definition) is 1. The quantitative estimate of drug-likeness (QED) is 0.904. The zero-order valence-corrected chi connectivity index (χ0v) is 11.2. The first-order chi connectivity index (χ1) is 9.28. The van der Waals surface area contributed by atoms with Crippen molar-refractivity contribution < 1.29 is 4.74 Å². The topological polar surface area (TPSA) is 57.9 Å². The highest BCUT2D eigenvalue weighted by Crippen LogP contribution is 2.39. The van der Waals surface area contributed by atoms with Crippen LogP contribution in [0.4, 0.5) is 5.82 Å². The minimum Gasteiger partial charge on any atom is -0.376 e. The van der Waals surface area contributed by atoms with Crippen molar-refractivity contribution in [1.29, 1.82) is 5.26 Å². The van der Waals surface area contributed by atoms with E-state index in [9.17, 15) is 5.26 Å². The predicted molar refractivity (Wildman–Crippen MR) is 73.0 cm³/mol. The minimum absolute atomic E-state index is 0.173. The SMILES string of the molecule is CC1OCCCC1Nc1nc(C2CC2)ccc1C#N. The van der Waals surface area contributed by atoms with E-state index >= 15 is 0 Å². The number of pyridine rings is 1. The van der Waals surface area contributed by atoms with Crippen LogP contribution in [0.3, 0.4) is 0 Å². The highest BCUT2D eigenvalue weighted by atomic mass is 16.5. The van der Waals surface area contributed by atoms with Crippen molar-refractivity contribution >= 4 is 5.82 Å². The molecule has 1 saturated carbocycles. The van der Waals surface area contributed by atoms with Gasteiger partial charge in [-0.25, -0.2) is 4.98 Å². The molecule has 2 fully saturated rings. The maximum Gasteiger partial charge on any atom is 0.144 e. The molecule has 1 aromatic heterocycles. The van der Waals surface area contributed by atoms with E-state index in [0.29, 0.717) is 11.5 Å². The standard InChI is InChI=1S/C15H19N3O/c1-10-13(3-2-8-19-10)17-15-12(9-16)6-7-14(18-15)11-4-5-11/h6-7,10-11,13H,2-5,8H2,1H3,(H,17,18). The number of nitriles is 1. The molecule has 1 N–H and O–H groups in total. The normalized spacial score (nSPS) is 26.7. The van der Waals surface area contributed by atoms with Gasteiger partial charge in [0, 0.05) is 18.2 Å². The molecule has 4 nitrogen and oxygen atoms in total. The number of rotatable bonds is 3. The Morgan fingerprint density at radius 3 is 2.89 bits per heavy atom. The van der Waals surface area contributed by atoms with E-state index in [1.165, 1.54) is 12.8 Å². The Balaban J connectivity index is 1.81. The van der Waals surface area contributed by atoms with Crippen LogP contribution in [0.2, 0.25) is 0 Å². The average Bonchev–Trinajstić information content (AvgIpc) is 3.26. The van der Waals surface area contributed by atoms with Crippen LogP contribution in [-0.4, -0.2) is 23.7 Å². The van der Waals surface area contributed by atoms with Crippen molar-refractivity contribution in [2.24, 2.45) is 0 Å². The highest BCUT2D eigenvalue weighted by Gasteiger charge is 2.27. The molecule has 2 heterocycles. The molecule has 0 bridgehead atoms. The average molecular weight is 257 g/mol. The second-order valence-electron chi connectivity index (χ2n) is 5.49. The molecule has 4 heteroatoms. The minimum atomic E-state index is 0.173. The summed E-state index contributed by atoms with van der Waals surface area (Å²) in [6, 6.07) is 6.35. The lowest BCUT2D eigenvalue weighted by atomic mass is 10.0. The zero-order chi connectivity index (χ0) is 13.2. The molecule has 0 aromatic carbocycles. The summed E-state index contributed by atoms with van der Waals surface area (Å²) in [6.07, 6.45) is 4.75. The van der Waals surface area contributed by atoms with Gasteiger partial charge in [0.25, 0.3) is 0 Å². The van der Waals surface area contributed by atoms with Gasteiger partial charge in [-0.05, 0) is 44.7 Å². The Morgan fingerprint density at radius 2 is 2.21 bits per heavy atom. The van der Waals surface area contributed by atoms with Gasteiger partial charge in [0.1, 0.15) is 11.9 Å². The largest absolute Gasteiger partial charge is 0.376 e. The second kappa shape index (κ2) is 5.18. The van der Waals surface area contributed by atoms with Crippen LogP contribution < -0.4 is 5.32 Å². The summed E-state index contributed by atoms with van der Waals surface area (Å²) in [5.74, 6) is 1.34. The molecule has 100 valence electrons. The molecule has 3 rings (SSSR count). The van der Waals surface area contributed by atoms with Crippen molar-refractivity contribution in [3.8, 4) is 6.07 Å². The third-order valence-electron chi connectivity index (χ3n) is 3.96. The third-order valence-corrected chi connectivity index (χ3v) is 3.96. The molecule has 2 atom stereocenters. The number of anilines is 1. The Morgan fingerprint density at radius 1 is 1.37 bits per heavy atom. The first kappa shape index (κ1) is 12.4. The smallest absolute Gasteiger partial charge is 0.144 e. The molecular formula is C15H19N3O. The molecule has 0 amide bonds. The molecule has 2 unspecified atom stereocenters. The van der Waals surface area contributed by atoms with Crippen LogP contribution >= 0.6 is 0 Å². The van der Waals surface area contributed by atoms with Crippen LogP contribution in [-0.2, 0) is 4.74 Å². The summed E-state index contributed by atoms with van der Waals surface area (Å²) in [6.45, 7) is 2.91. The molecule has 1 aliphatic carbocycles. The van der Waals surface area contributed by atoms with E-state index in [2.05, 4.69) is 23.3 Å². The van der Waals surface area contributed by atoms with E-state index in [0.717, 1.165) is 31.0 Å². The Hall–Kier alpha value is -1.60. The summed E-state index contributed by atoms with van der Waals surface area (Å²) in [4.78, 5) is 4.64. The Bertz CT molecular complexity index is 505. The number of nitrogens with one attached hydrogen (secondary N) is 1. The summed E-state index contributed by atoms with van der Waals surface area (Å²) in [5, 5.41) is 12.6. The first-order valence-corrected chi connectivity index (χ1v) is 7.07. The fraction of sp³-hybridized carbons (Fsp3) is 0.600. The van der Waals surface area contributed by atoms with E-state index in [1.807, 2.05) is 12.1 Å². The van der Waals surface area contributed by atoms with E-state index in [-0.39, 0.29) is 12.1 Å². The summed E-state index contributed by atoms with van der Waals surface area (Å²) < 4.78 is 5.65. The van der Waals surface area contributed by atoms with Crippen molar-refractivity contribution in [3.63, 3.8) is 0 Å². The van der Waals surface area contributed by atoms with Gasteiger partial charge in [-0.1, -0.05) is 0 Å². The number of aromatic nitrogens is 1. The fourth-order valence-electron chi connectivity index (χ4n) is 2.57. The molecule has 1 aliphatic heterocycles. The number of nitrogens with zero attached hydrogens (tertiary/aromatic N) is 2. The molecule has 0 spiro atoms. The summed E-state index contributed by atoms with van der Waals surface area (Å²) in [5.41, 5.74) is 1.74. The first-order valence-electron chi connectivity index (χ1n) is 7.07. The van der Waals surface area contributed by atoms with Gasteiger partial charge in [-0.3, -0.25) is 0 Å². The lowest BCUT2D eigenvalue weighted by Crippen LogP contribution is -2.38. The predicted octanol–water partition coefficient (Wildman–Crippen LogP) is 2.81. The third kappa shape index (κ3) is 2.71. The monoisotopic (exact) mass is 257 g/mol. The molecule has 19 heavy (non-hydrogen) atoms. The fourth-order valence-corrected chi connectivity index (χ4v) is 2.57.